The fourth-order valence-corrected chi connectivity index (χ4v) is 1.35. The molecule has 0 amide bonds. The summed E-state index contributed by atoms with van der Waals surface area (Å²) >= 11 is 1.62. The predicted molar refractivity (Wildman–Crippen MR) is 32.2 cm³/mol. The lowest BCUT2D eigenvalue weighted by Gasteiger charge is -2.15. The van der Waals surface area contributed by atoms with Gasteiger partial charge in [-0.15, -0.1) is 0 Å². The zero-order valence-corrected chi connectivity index (χ0v) is 5.33. The molecule has 1 rings (SSSR count). The maximum atomic E-state index is 5.10. The molecule has 7 heavy (non-hydrogen) atoms. The van der Waals surface area contributed by atoms with Gasteiger partial charge in [-0.1, -0.05) is 6.92 Å². The minimum absolute atomic E-state index is 0.730. The second kappa shape index (κ2) is 2.58. The summed E-state index contributed by atoms with van der Waals surface area (Å²) in [4.78, 5) is 0. The van der Waals surface area contributed by atoms with E-state index in [4.69, 9.17) is 4.18 Å². The maximum absolute atomic E-state index is 5.10. The Morgan fingerprint density at radius 1 is 1.71 bits per heavy atom. The van der Waals surface area contributed by atoms with Gasteiger partial charge in [0.25, 0.3) is 0 Å². The van der Waals surface area contributed by atoms with Gasteiger partial charge in [-0.2, -0.15) is 0 Å². The Hall–Kier alpha value is 0.310. The van der Waals surface area contributed by atoms with Crippen LogP contribution in [0.1, 0.15) is 19.8 Å². The lowest BCUT2D eigenvalue weighted by Crippen LogP contribution is -2.05. The van der Waals surface area contributed by atoms with Crippen LogP contribution < -0.4 is 0 Å². The summed E-state index contributed by atoms with van der Waals surface area (Å²) in [6, 6.07) is 0. The van der Waals surface area contributed by atoms with E-state index in [0.29, 0.717) is 0 Å². The molecule has 1 atom stereocenters. The molecule has 0 aromatic rings. The van der Waals surface area contributed by atoms with Gasteiger partial charge < -0.3 is 4.18 Å². The van der Waals surface area contributed by atoms with Crippen molar-refractivity contribution in [1.82, 2.24) is 0 Å². The van der Waals surface area contributed by atoms with Gasteiger partial charge >= 0.3 is 0 Å². The Labute approximate surface area is 48.6 Å². The van der Waals surface area contributed by atoms with Crippen molar-refractivity contribution in [3.05, 3.63) is 0 Å². The average Bonchev–Trinajstić information content (AvgIpc) is 1.69. The second-order valence-corrected chi connectivity index (χ2v) is 3.10. The van der Waals surface area contributed by atoms with Crippen LogP contribution >= 0.6 is 12.0 Å². The summed E-state index contributed by atoms with van der Waals surface area (Å²) in [7, 11) is 0. The molecular weight excluding hydrogens is 108 g/mol. The first kappa shape index (κ1) is 5.45. The van der Waals surface area contributed by atoms with Gasteiger partial charge in [0.05, 0.1) is 6.61 Å². The summed E-state index contributed by atoms with van der Waals surface area (Å²) in [5.74, 6) is 0. The van der Waals surface area contributed by atoms with E-state index in [1.807, 2.05) is 0 Å². The SMILES string of the molecule is CC1CCCOS1. The summed E-state index contributed by atoms with van der Waals surface area (Å²) < 4.78 is 5.10. The van der Waals surface area contributed by atoms with Crippen LogP contribution in [0.3, 0.4) is 0 Å². The first-order chi connectivity index (χ1) is 3.39. The highest BCUT2D eigenvalue weighted by Crippen LogP contribution is 2.21. The van der Waals surface area contributed by atoms with E-state index in [2.05, 4.69) is 6.92 Å². The van der Waals surface area contributed by atoms with Crippen LogP contribution in [0.4, 0.5) is 0 Å². The molecule has 0 aliphatic carbocycles. The molecule has 1 heterocycles. The van der Waals surface area contributed by atoms with E-state index in [9.17, 15) is 0 Å². The monoisotopic (exact) mass is 118 g/mol. The largest absolute Gasteiger partial charge is 0.315 e. The van der Waals surface area contributed by atoms with E-state index < -0.39 is 0 Å². The van der Waals surface area contributed by atoms with Gasteiger partial charge in [-0.3, -0.25) is 0 Å². The van der Waals surface area contributed by atoms with Crippen LogP contribution in [0.5, 0.6) is 0 Å². The van der Waals surface area contributed by atoms with E-state index in [1.54, 1.807) is 12.0 Å². The highest BCUT2D eigenvalue weighted by molar-refractivity contribution is 7.95. The van der Waals surface area contributed by atoms with Crippen molar-refractivity contribution in [2.45, 2.75) is 25.0 Å². The number of rotatable bonds is 0. The van der Waals surface area contributed by atoms with Gasteiger partial charge in [0, 0.05) is 5.25 Å². The molecular formula is C5H10OS. The van der Waals surface area contributed by atoms with Gasteiger partial charge in [-0.05, 0) is 24.9 Å². The molecule has 1 saturated heterocycles. The first-order valence-corrected chi connectivity index (χ1v) is 3.48. The van der Waals surface area contributed by atoms with Crippen LogP contribution in [0.15, 0.2) is 0 Å². The normalized spacial score (nSPS) is 33.0. The van der Waals surface area contributed by atoms with Crippen LogP contribution in [0.25, 0.3) is 0 Å². The molecule has 0 radical (unpaired) electrons. The minimum atomic E-state index is 0.730. The van der Waals surface area contributed by atoms with Crippen molar-refractivity contribution in [2.75, 3.05) is 6.61 Å². The third-order valence-corrected chi connectivity index (χ3v) is 1.94. The van der Waals surface area contributed by atoms with E-state index >= 15 is 0 Å². The van der Waals surface area contributed by atoms with Crippen molar-refractivity contribution in [2.24, 2.45) is 0 Å². The molecule has 0 aromatic carbocycles. The topological polar surface area (TPSA) is 9.23 Å². The molecule has 1 fully saturated rings. The highest BCUT2D eigenvalue weighted by Gasteiger charge is 2.07. The van der Waals surface area contributed by atoms with Crippen LogP contribution in [0.2, 0.25) is 0 Å². The molecule has 1 unspecified atom stereocenters. The van der Waals surface area contributed by atoms with Gasteiger partial charge in [0.1, 0.15) is 0 Å². The number of hydrogen-bond donors (Lipinski definition) is 0. The van der Waals surface area contributed by atoms with Crippen molar-refractivity contribution in [3.63, 3.8) is 0 Å². The van der Waals surface area contributed by atoms with E-state index in [1.165, 1.54) is 12.8 Å². The second-order valence-electron chi connectivity index (χ2n) is 1.87. The minimum Gasteiger partial charge on any atom is -0.315 e. The smallest absolute Gasteiger partial charge is 0.0614 e. The maximum Gasteiger partial charge on any atom is 0.0614 e. The quantitative estimate of drug-likeness (QED) is 0.449. The number of hydrogen-bond acceptors (Lipinski definition) is 2. The zero-order valence-electron chi connectivity index (χ0n) is 4.52. The zero-order chi connectivity index (χ0) is 5.11. The fourth-order valence-electron chi connectivity index (χ4n) is 0.642. The predicted octanol–water partition coefficient (Wildman–Crippen LogP) is 1.83. The first-order valence-electron chi connectivity index (χ1n) is 2.68. The van der Waals surface area contributed by atoms with Crippen molar-refractivity contribution in [3.8, 4) is 0 Å². The summed E-state index contributed by atoms with van der Waals surface area (Å²) in [6.07, 6.45) is 2.57. The lowest BCUT2D eigenvalue weighted by atomic mass is 10.2. The third-order valence-electron chi connectivity index (χ3n) is 1.07. The molecule has 0 aromatic heterocycles. The molecule has 2 heteroatoms. The lowest BCUT2D eigenvalue weighted by molar-refractivity contribution is 0.334. The van der Waals surface area contributed by atoms with Gasteiger partial charge in [0.15, 0.2) is 0 Å². The third kappa shape index (κ3) is 1.70. The molecule has 1 nitrogen and oxygen atoms in total. The van der Waals surface area contributed by atoms with Crippen molar-refractivity contribution in [1.29, 1.82) is 0 Å². The molecule has 0 saturated carbocycles. The van der Waals surface area contributed by atoms with Gasteiger partial charge in [-0.25, -0.2) is 0 Å². The fraction of sp³-hybridized carbons (Fsp3) is 1.00. The molecule has 1 aliphatic heterocycles. The Kier molecular flexibility index (Phi) is 2.00. The summed E-state index contributed by atoms with van der Waals surface area (Å²) in [5, 5.41) is 0.730. The van der Waals surface area contributed by atoms with Crippen molar-refractivity contribution < 1.29 is 4.18 Å². The Balaban J connectivity index is 2.12. The molecule has 0 bridgehead atoms. The summed E-state index contributed by atoms with van der Waals surface area (Å²) in [5.41, 5.74) is 0. The van der Waals surface area contributed by atoms with E-state index in [-0.39, 0.29) is 0 Å². The standard InChI is InChI=1S/C5H10OS/c1-5-3-2-4-6-7-5/h5H,2-4H2,1H3. The van der Waals surface area contributed by atoms with Crippen LogP contribution in [0, 0.1) is 0 Å². The Morgan fingerprint density at radius 2 is 2.57 bits per heavy atom. The van der Waals surface area contributed by atoms with E-state index in [0.717, 1.165) is 11.9 Å². The molecule has 42 valence electrons. The molecule has 0 spiro atoms. The average molecular weight is 118 g/mol. The van der Waals surface area contributed by atoms with Crippen LogP contribution in [-0.2, 0) is 4.18 Å². The van der Waals surface area contributed by atoms with Gasteiger partial charge in [0.2, 0.25) is 0 Å². The molecule has 0 N–H and O–H groups in total. The molecule has 1 aliphatic rings. The van der Waals surface area contributed by atoms with Crippen molar-refractivity contribution >= 4 is 12.0 Å². The summed E-state index contributed by atoms with van der Waals surface area (Å²) in [6.45, 7) is 3.15. The Bertz CT molecular complexity index is 50.0. The highest BCUT2D eigenvalue weighted by atomic mass is 32.2. The Morgan fingerprint density at radius 3 is 2.86 bits per heavy atom. The van der Waals surface area contributed by atoms with Crippen LogP contribution in [-0.4, -0.2) is 11.9 Å².